The van der Waals surface area contributed by atoms with Crippen molar-refractivity contribution in [3.63, 3.8) is 0 Å². The lowest BCUT2D eigenvalue weighted by atomic mass is 10.1. The van der Waals surface area contributed by atoms with Gasteiger partial charge in [0.05, 0.1) is 4.92 Å². The first-order chi connectivity index (χ1) is 14.0. The van der Waals surface area contributed by atoms with Gasteiger partial charge in [-0.25, -0.2) is 0 Å². The predicted octanol–water partition coefficient (Wildman–Crippen LogP) is 3.87. The van der Waals surface area contributed by atoms with Crippen molar-refractivity contribution >= 4 is 23.2 Å². The van der Waals surface area contributed by atoms with Gasteiger partial charge in [-0.3, -0.25) is 19.7 Å². The van der Waals surface area contributed by atoms with Gasteiger partial charge in [0.15, 0.2) is 12.4 Å². The second-order valence-corrected chi connectivity index (χ2v) is 6.43. The van der Waals surface area contributed by atoms with Crippen LogP contribution < -0.4 is 10.1 Å². The molecule has 2 aromatic carbocycles. The van der Waals surface area contributed by atoms with Gasteiger partial charge in [0.2, 0.25) is 0 Å². The first-order valence-corrected chi connectivity index (χ1v) is 9.51. The van der Waals surface area contributed by atoms with Gasteiger partial charge in [0.1, 0.15) is 0 Å². The van der Waals surface area contributed by atoms with Gasteiger partial charge in [0.25, 0.3) is 11.8 Å². The highest BCUT2D eigenvalue weighted by atomic mass is 16.6. The minimum absolute atomic E-state index is 0.0198. The Morgan fingerprint density at radius 2 is 1.76 bits per heavy atom. The minimum atomic E-state index is -0.569. The Morgan fingerprint density at radius 1 is 1.07 bits per heavy atom. The first kappa shape index (κ1) is 21.9. The molecule has 0 saturated heterocycles. The molecule has 0 aromatic heterocycles. The van der Waals surface area contributed by atoms with Crippen molar-refractivity contribution in [1.82, 2.24) is 4.90 Å². The molecule has 0 aliphatic carbocycles. The van der Waals surface area contributed by atoms with E-state index in [0.29, 0.717) is 24.3 Å². The van der Waals surface area contributed by atoms with Gasteiger partial charge in [0, 0.05) is 30.4 Å². The number of nitrogens with zero attached hydrogens (tertiary/aromatic N) is 2. The van der Waals surface area contributed by atoms with Crippen LogP contribution in [0.3, 0.4) is 0 Å². The average Bonchev–Trinajstić information content (AvgIpc) is 2.72. The Labute approximate surface area is 169 Å². The molecule has 0 aliphatic rings. The molecule has 0 bridgehead atoms. The quantitative estimate of drug-likeness (QED) is 0.483. The summed E-state index contributed by atoms with van der Waals surface area (Å²) in [6, 6.07) is 12.5. The highest BCUT2D eigenvalue weighted by molar-refractivity contribution is 5.97. The van der Waals surface area contributed by atoms with Crippen molar-refractivity contribution in [3.05, 3.63) is 64.2 Å². The topological polar surface area (TPSA) is 102 Å². The number of hydrogen-bond donors (Lipinski definition) is 1. The van der Waals surface area contributed by atoms with E-state index in [9.17, 15) is 19.7 Å². The maximum absolute atomic E-state index is 12.7. The molecule has 0 unspecified atom stereocenters. The third-order valence-corrected chi connectivity index (χ3v) is 4.09. The average molecular weight is 399 g/mol. The lowest BCUT2D eigenvalue weighted by Gasteiger charge is -2.21. The lowest BCUT2D eigenvalue weighted by molar-refractivity contribution is -0.385. The molecule has 8 heteroatoms. The van der Waals surface area contributed by atoms with E-state index in [-0.39, 0.29) is 24.0 Å². The van der Waals surface area contributed by atoms with Gasteiger partial charge in [-0.05, 0) is 37.1 Å². The molecule has 0 fully saturated rings. The Kier molecular flexibility index (Phi) is 8.14. The third-order valence-electron chi connectivity index (χ3n) is 4.09. The van der Waals surface area contributed by atoms with E-state index in [2.05, 4.69) is 5.32 Å². The number of carbonyl (C=O) groups is 2. The molecule has 29 heavy (non-hydrogen) atoms. The van der Waals surface area contributed by atoms with Crippen LogP contribution in [0.2, 0.25) is 0 Å². The number of nitro groups is 1. The van der Waals surface area contributed by atoms with Crippen LogP contribution >= 0.6 is 0 Å². The van der Waals surface area contributed by atoms with Gasteiger partial charge < -0.3 is 15.0 Å². The van der Waals surface area contributed by atoms with Gasteiger partial charge in [-0.2, -0.15) is 0 Å². The number of anilines is 1. The summed E-state index contributed by atoms with van der Waals surface area (Å²) in [7, 11) is 0. The number of nitro benzene ring substituents is 1. The molecule has 0 radical (unpaired) electrons. The van der Waals surface area contributed by atoms with E-state index >= 15 is 0 Å². The first-order valence-electron chi connectivity index (χ1n) is 9.51. The van der Waals surface area contributed by atoms with E-state index in [1.54, 1.807) is 35.2 Å². The van der Waals surface area contributed by atoms with Crippen molar-refractivity contribution in [2.45, 2.75) is 26.7 Å². The van der Waals surface area contributed by atoms with E-state index in [4.69, 9.17) is 4.74 Å². The lowest BCUT2D eigenvalue weighted by Crippen LogP contribution is -2.32. The predicted molar refractivity (Wildman–Crippen MR) is 110 cm³/mol. The van der Waals surface area contributed by atoms with Gasteiger partial charge >= 0.3 is 5.69 Å². The summed E-state index contributed by atoms with van der Waals surface area (Å²) in [4.78, 5) is 37.1. The maximum Gasteiger partial charge on any atom is 0.310 e. The van der Waals surface area contributed by atoms with Crippen molar-refractivity contribution in [2.75, 3.05) is 25.0 Å². The molecule has 154 valence electrons. The minimum Gasteiger partial charge on any atom is -0.477 e. The van der Waals surface area contributed by atoms with Gasteiger partial charge in [-0.15, -0.1) is 0 Å². The van der Waals surface area contributed by atoms with Crippen LogP contribution in [0.5, 0.6) is 5.75 Å². The largest absolute Gasteiger partial charge is 0.477 e. The molecule has 8 nitrogen and oxygen atoms in total. The van der Waals surface area contributed by atoms with Crippen LogP contribution in [-0.2, 0) is 4.79 Å². The molecule has 1 N–H and O–H groups in total. The third kappa shape index (κ3) is 6.31. The van der Waals surface area contributed by atoms with Crippen molar-refractivity contribution in [2.24, 2.45) is 0 Å². The Hall–Kier alpha value is -3.42. The highest BCUT2D eigenvalue weighted by Crippen LogP contribution is 2.25. The van der Waals surface area contributed by atoms with Crippen molar-refractivity contribution in [3.8, 4) is 5.75 Å². The van der Waals surface area contributed by atoms with Gasteiger partial charge in [-0.1, -0.05) is 32.0 Å². The smallest absolute Gasteiger partial charge is 0.310 e. The van der Waals surface area contributed by atoms with Crippen LogP contribution in [0.25, 0.3) is 0 Å². The molecule has 2 amide bonds. The zero-order chi connectivity index (χ0) is 21.2. The molecular weight excluding hydrogens is 374 g/mol. The monoisotopic (exact) mass is 399 g/mol. The second kappa shape index (κ2) is 10.8. The summed E-state index contributed by atoms with van der Waals surface area (Å²) in [5.74, 6) is -0.543. The number of amides is 2. The second-order valence-electron chi connectivity index (χ2n) is 6.43. The number of benzene rings is 2. The maximum atomic E-state index is 12.7. The summed E-state index contributed by atoms with van der Waals surface area (Å²) >= 11 is 0. The number of rotatable bonds is 10. The molecule has 0 saturated carbocycles. The fourth-order valence-electron chi connectivity index (χ4n) is 2.84. The standard InChI is InChI=1S/C21H25N3O5/c1-3-12-23(13-4-2)21(26)16-8-7-9-17(14-16)22-20(25)15-29-19-11-6-5-10-18(19)24(27)28/h5-11,14H,3-4,12-13,15H2,1-2H3,(H,22,25). The van der Waals surface area contributed by atoms with Crippen LogP contribution in [0.1, 0.15) is 37.0 Å². The highest BCUT2D eigenvalue weighted by Gasteiger charge is 2.17. The molecule has 0 spiro atoms. The zero-order valence-corrected chi connectivity index (χ0v) is 16.6. The Balaban J connectivity index is 2.02. The van der Waals surface area contributed by atoms with E-state index in [1.807, 2.05) is 13.8 Å². The van der Waals surface area contributed by atoms with E-state index in [1.165, 1.54) is 18.2 Å². The van der Waals surface area contributed by atoms with Crippen LogP contribution in [0, 0.1) is 10.1 Å². The molecule has 0 atom stereocenters. The number of hydrogen-bond acceptors (Lipinski definition) is 5. The number of ether oxygens (including phenoxy) is 1. The summed E-state index contributed by atoms with van der Waals surface area (Å²) in [6.45, 7) is 4.99. The van der Waals surface area contributed by atoms with E-state index < -0.39 is 10.8 Å². The normalized spacial score (nSPS) is 10.3. The number of para-hydroxylation sites is 2. The fraction of sp³-hybridized carbons (Fsp3) is 0.333. The Morgan fingerprint density at radius 3 is 2.41 bits per heavy atom. The molecule has 2 aromatic rings. The summed E-state index contributed by atoms with van der Waals surface area (Å²) in [5.41, 5.74) is 0.740. The zero-order valence-electron chi connectivity index (χ0n) is 16.6. The number of carbonyl (C=O) groups excluding carboxylic acids is 2. The van der Waals surface area contributed by atoms with Crippen molar-refractivity contribution < 1.29 is 19.2 Å². The molecule has 0 aliphatic heterocycles. The van der Waals surface area contributed by atoms with Crippen LogP contribution in [0.4, 0.5) is 11.4 Å². The fourth-order valence-corrected chi connectivity index (χ4v) is 2.84. The van der Waals surface area contributed by atoms with Crippen molar-refractivity contribution in [1.29, 1.82) is 0 Å². The van der Waals surface area contributed by atoms with Crippen LogP contribution in [0.15, 0.2) is 48.5 Å². The molecular formula is C21H25N3O5. The van der Waals surface area contributed by atoms with E-state index in [0.717, 1.165) is 12.8 Å². The number of nitrogens with one attached hydrogen (secondary N) is 1. The summed E-state index contributed by atoms with van der Waals surface area (Å²) in [5, 5.41) is 13.7. The van der Waals surface area contributed by atoms with Crippen LogP contribution in [-0.4, -0.2) is 41.3 Å². The Bertz CT molecular complexity index is 863. The summed E-state index contributed by atoms with van der Waals surface area (Å²) in [6.07, 6.45) is 1.73. The molecule has 2 rings (SSSR count). The molecule has 0 heterocycles. The SMILES string of the molecule is CCCN(CCC)C(=O)c1cccc(NC(=O)COc2ccccc2[N+](=O)[O-])c1. The summed E-state index contributed by atoms with van der Waals surface area (Å²) < 4.78 is 5.28.